The highest BCUT2D eigenvalue weighted by atomic mass is 32.2. The zero-order valence-corrected chi connectivity index (χ0v) is 17.6. The highest BCUT2D eigenvalue weighted by Gasteiger charge is 2.68. The summed E-state index contributed by atoms with van der Waals surface area (Å²) in [5.74, 6) is 0.639. The van der Waals surface area contributed by atoms with Crippen molar-refractivity contribution in [3.05, 3.63) is 35.9 Å². The minimum absolute atomic E-state index is 0.00761. The van der Waals surface area contributed by atoms with Gasteiger partial charge >= 0.3 is 0 Å². The predicted molar refractivity (Wildman–Crippen MR) is 107 cm³/mol. The second-order valence-corrected chi connectivity index (χ2v) is 11.2. The van der Waals surface area contributed by atoms with E-state index in [1.165, 1.54) is 5.56 Å². The number of carbonyl (C=O) groups is 1. The molecule has 2 aliphatic carbocycles. The largest absolute Gasteiger partial charge is 0.373 e. The minimum atomic E-state index is -3.39. The van der Waals surface area contributed by atoms with Crippen LogP contribution in [0.15, 0.2) is 30.3 Å². The van der Waals surface area contributed by atoms with Crippen LogP contribution < -0.4 is 10.0 Å². The Labute approximate surface area is 167 Å². The van der Waals surface area contributed by atoms with E-state index in [9.17, 15) is 13.2 Å². The van der Waals surface area contributed by atoms with Crippen molar-refractivity contribution in [2.45, 2.75) is 45.3 Å². The number of hydrogen-bond donors (Lipinski definition) is 2. The Morgan fingerprint density at radius 2 is 1.96 bits per heavy atom. The van der Waals surface area contributed by atoms with Crippen molar-refractivity contribution in [2.24, 2.45) is 22.7 Å². The number of rotatable bonds is 5. The number of benzene rings is 1. The van der Waals surface area contributed by atoms with Gasteiger partial charge in [-0.1, -0.05) is 44.2 Å². The SMILES string of the molecule is CC1(C)[C@@H]2C[C@@H]3[C@@H](c4ccccc4)OCCC3(C2)[C@H]1NC(=O)CNS(C)(=O)=O. The van der Waals surface area contributed by atoms with E-state index in [1.54, 1.807) is 0 Å². The first kappa shape index (κ1) is 19.9. The second kappa shape index (κ2) is 6.82. The molecule has 154 valence electrons. The predicted octanol–water partition coefficient (Wildman–Crippen LogP) is 2.23. The van der Waals surface area contributed by atoms with Gasteiger partial charge in [-0.05, 0) is 47.5 Å². The third kappa shape index (κ3) is 3.27. The van der Waals surface area contributed by atoms with Crippen molar-refractivity contribution in [3.63, 3.8) is 0 Å². The molecule has 0 radical (unpaired) electrons. The summed E-state index contributed by atoms with van der Waals surface area (Å²) in [6.45, 7) is 4.96. The Morgan fingerprint density at radius 1 is 1.25 bits per heavy atom. The molecule has 1 aromatic carbocycles. The maximum absolute atomic E-state index is 12.6. The van der Waals surface area contributed by atoms with E-state index < -0.39 is 10.0 Å². The number of nitrogens with one attached hydrogen (secondary N) is 2. The molecule has 0 aromatic heterocycles. The summed E-state index contributed by atoms with van der Waals surface area (Å²) in [7, 11) is -3.39. The van der Waals surface area contributed by atoms with Crippen molar-refractivity contribution in [1.29, 1.82) is 0 Å². The zero-order chi connectivity index (χ0) is 20.2. The molecule has 6 nitrogen and oxygen atoms in total. The Morgan fingerprint density at radius 3 is 2.64 bits per heavy atom. The van der Waals surface area contributed by atoms with Gasteiger partial charge in [-0.25, -0.2) is 13.1 Å². The molecule has 3 fully saturated rings. The van der Waals surface area contributed by atoms with Crippen LogP contribution in [0.2, 0.25) is 0 Å². The molecule has 2 N–H and O–H groups in total. The summed E-state index contributed by atoms with van der Waals surface area (Å²) >= 11 is 0. The average molecular weight is 407 g/mol. The van der Waals surface area contributed by atoms with E-state index in [0.29, 0.717) is 18.4 Å². The highest BCUT2D eigenvalue weighted by molar-refractivity contribution is 7.88. The first-order valence-electron chi connectivity index (χ1n) is 10.0. The van der Waals surface area contributed by atoms with Crippen LogP contribution in [0.3, 0.4) is 0 Å². The van der Waals surface area contributed by atoms with Crippen LogP contribution in [0, 0.1) is 22.7 Å². The van der Waals surface area contributed by atoms with E-state index in [4.69, 9.17) is 4.74 Å². The molecule has 5 atom stereocenters. The molecule has 1 unspecified atom stereocenters. The summed E-state index contributed by atoms with van der Waals surface area (Å²) in [4.78, 5) is 12.6. The lowest BCUT2D eigenvalue weighted by molar-refractivity contribution is -0.136. The summed E-state index contributed by atoms with van der Waals surface area (Å²) in [6.07, 6.45) is 4.28. The summed E-state index contributed by atoms with van der Waals surface area (Å²) in [6, 6.07) is 10.4. The van der Waals surface area contributed by atoms with E-state index in [1.807, 2.05) is 18.2 Å². The van der Waals surface area contributed by atoms with Crippen molar-refractivity contribution in [3.8, 4) is 0 Å². The number of amides is 1. The van der Waals surface area contributed by atoms with Crippen LogP contribution in [0.25, 0.3) is 0 Å². The van der Waals surface area contributed by atoms with Crippen LogP contribution in [0.1, 0.15) is 44.8 Å². The van der Waals surface area contributed by atoms with Gasteiger partial charge in [0.25, 0.3) is 0 Å². The van der Waals surface area contributed by atoms with Crippen molar-refractivity contribution in [1.82, 2.24) is 10.0 Å². The van der Waals surface area contributed by atoms with E-state index in [-0.39, 0.29) is 35.4 Å². The fourth-order valence-electron chi connectivity index (χ4n) is 6.17. The zero-order valence-electron chi connectivity index (χ0n) is 16.8. The van der Waals surface area contributed by atoms with Gasteiger partial charge < -0.3 is 10.1 Å². The fourth-order valence-corrected chi connectivity index (χ4v) is 6.56. The lowest BCUT2D eigenvalue weighted by Crippen LogP contribution is -2.59. The Balaban J connectivity index is 1.59. The van der Waals surface area contributed by atoms with Gasteiger partial charge in [0, 0.05) is 12.6 Å². The summed E-state index contributed by atoms with van der Waals surface area (Å²) in [5, 5.41) is 3.21. The quantitative estimate of drug-likeness (QED) is 0.785. The summed E-state index contributed by atoms with van der Waals surface area (Å²) in [5.41, 5.74) is 1.20. The van der Waals surface area contributed by atoms with Crippen molar-refractivity contribution < 1.29 is 17.9 Å². The van der Waals surface area contributed by atoms with E-state index in [0.717, 1.165) is 25.5 Å². The Bertz CT molecular complexity index is 854. The third-order valence-corrected chi connectivity index (χ3v) is 8.10. The molecule has 3 aliphatic rings. The van der Waals surface area contributed by atoms with Gasteiger partial charge in [0.05, 0.1) is 18.9 Å². The van der Waals surface area contributed by atoms with E-state index in [2.05, 4.69) is 36.0 Å². The molecule has 1 saturated heterocycles. The number of carbonyl (C=O) groups excluding carboxylic acids is 1. The first-order valence-corrected chi connectivity index (χ1v) is 11.9. The molecule has 28 heavy (non-hydrogen) atoms. The van der Waals surface area contributed by atoms with Crippen molar-refractivity contribution in [2.75, 3.05) is 19.4 Å². The highest BCUT2D eigenvalue weighted by Crippen LogP contribution is 2.70. The lowest BCUT2D eigenvalue weighted by atomic mass is 9.59. The molecule has 1 heterocycles. The number of ether oxygens (including phenoxy) is 1. The normalized spacial score (nSPS) is 36.1. The van der Waals surface area contributed by atoms with Crippen LogP contribution in [-0.4, -0.2) is 39.8 Å². The first-order chi connectivity index (χ1) is 13.1. The number of fused-ring (bicyclic) bond motifs is 1. The maximum Gasteiger partial charge on any atom is 0.235 e. The lowest BCUT2D eigenvalue weighted by Gasteiger charge is -2.53. The number of hydrogen-bond acceptors (Lipinski definition) is 4. The van der Waals surface area contributed by atoms with Crippen molar-refractivity contribution >= 4 is 15.9 Å². The van der Waals surface area contributed by atoms with Gasteiger partial charge in [-0.3, -0.25) is 4.79 Å². The molecular formula is C21H30N2O4S. The van der Waals surface area contributed by atoms with Gasteiger partial charge in [-0.15, -0.1) is 0 Å². The molecule has 7 heteroatoms. The fraction of sp³-hybridized carbons (Fsp3) is 0.667. The standard InChI is InChI=1S/C21H30N2O4S/c1-20(2)15-11-16-18(14-7-5-4-6-8-14)27-10-9-21(16,12-15)19(20)23-17(24)13-22-28(3,25)26/h4-8,15-16,18-19,22H,9-13H2,1-3H3,(H,23,24)/t15-,16-,18-,19+,21?/m1/s1. The Kier molecular flexibility index (Phi) is 4.83. The average Bonchev–Trinajstić information content (AvgIpc) is 3.13. The molecule has 1 spiro atoms. The van der Waals surface area contributed by atoms with Gasteiger partial charge in [0.15, 0.2) is 0 Å². The van der Waals surface area contributed by atoms with Crippen LogP contribution >= 0.6 is 0 Å². The maximum atomic E-state index is 12.6. The van der Waals surface area contributed by atoms with E-state index >= 15 is 0 Å². The third-order valence-electron chi connectivity index (χ3n) is 7.43. The van der Waals surface area contributed by atoms with Crippen LogP contribution in [0.5, 0.6) is 0 Å². The van der Waals surface area contributed by atoms with Gasteiger partial charge in [0.1, 0.15) is 0 Å². The molecule has 2 bridgehead atoms. The minimum Gasteiger partial charge on any atom is -0.373 e. The van der Waals surface area contributed by atoms with Gasteiger partial charge in [-0.2, -0.15) is 0 Å². The summed E-state index contributed by atoms with van der Waals surface area (Å²) < 4.78 is 31.2. The van der Waals surface area contributed by atoms with Gasteiger partial charge in [0.2, 0.25) is 15.9 Å². The second-order valence-electron chi connectivity index (χ2n) is 9.34. The smallest absolute Gasteiger partial charge is 0.235 e. The van der Waals surface area contributed by atoms with Crippen LogP contribution in [0.4, 0.5) is 0 Å². The molecule has 4 rings (SSSR count). The molecular weight excluding hydrogens is 376 g/mol. The molecule has 1 aromatic rings. The molecule has 1 amide bonds. The van der Waals surface area contributed by atoms with Crippen LogP contribution in [-0.2, 0) is 19.6 Å². The number of sulfonamides is 1. The molecule has 2 saturated carbocycles. The monoisotopic (exact) mass is 406 g/mol. The topological polar surface area (TPSA) is 84.5 Å². The Hall–Kier alpha value is -1.44. The molecule has 1 aliphatic heterocycles.